The second-order valence-electron chi connectivity index (χ2n) is 11.6. The number of anilines is 3. The molecule has 2 amide bonds. The van der Waals surface area contributed by atoms with Crippen molar-refractivity contribution in [1.82, 2.24) is 15.6 Å². The molecule has 2 aromatic rings. The van der Waals surface area contributed by atoms with Crippen LogP contribution in [0.25, 0.3) is 0 Å². The maximum atomic E-state index is 13.5. The van der Waals surface area contributed by atoms with E-state index in [0.717, 1.165) is 0 Å². The van der Waals surface area contributed by atoms with Crippen LogP contribution < -0.4 is 31.3 Å². The lowest BCUT2D eigenvalue weighted by Gasteiger charge is -2.30. The average Bonchev–Trinajstić information content (AvgIpc) is 2.95. The Labute approximate surface area is 268 Å². The summed E-state index contributed by atoms with van der Waals surface area (Å²) in [7, 11) is 1.49. The molecular weight excluding hydrogens is 643 g/mol. The van der Waals surface area contributed by atoms with E-state index in [0.29, 0.717) is 5.56 Å². The molecule has 0 radical (unpaired) electrons. The number of alkyl halides is 5. The van der Waals surface area contributed by atoms with Crippen molar-refractivity contribution in [3.63, 3.8) is 0 Å². The normalized spacial score (nSPS) is 17.0. The highest BCUT2D eigenvalue weighted by Crippen LogP contribution is 2.40. The lowest BCUT2D eigenvalue weighted by Crippen LogP contribution is -2.40. The molecule has 0 spiro atoms. The molecule has 5 N–H and O–H groups in total. The van der Waals surface area contributed by atoms with Crippen LogP contribution in [0.1, 0.15) is 62.4 Å². The van der Waals surface area contributed by atoms with Crippen LogP contribution in [-0.4, -0.2) is 54.2 Å². The minimum absolute atomic E-state index is 0.0387. The van der Waals surface area contributed by atoms with Gasteiger partial charge in [0.25, 0.3) is 12.3 Å². The Bertz CT molecular complexity index is 1400. The molecule has 0 aliphatic heterocycles. The molecule has 1 aliphatic rings. The molecule has 1 heterocycles. The maximum absolute atomic E-state index is 13.5. The van der Waals surface area contributed by atoms with E-state index in [2.05, 4.69) is 20.9 Å². The second-order valence-corrected chi connectivity index (χ2v) is 12.4. The maximum Gasteiger partial charge on any atom is 0.391 e. The van der Waals surface area contributed by atoms with Crippen LogP contribution in [0.3, 0.4) is 0 Å². The van der Waals surface area contributed by atoms with Gasteiger partial charge in [0, 0.05) is 25.0 Å². The zero-order valence-corrected chi connectivity index (χ0v) is 26.7. The first-order valence-electron chi connectivity index (χ1n) is 14.1. The number of carbonyl (C=O) groups is 2. The van der Waals surface area contributed by atoms with Gasteiger partial charge in [0.1, 0.15) is 5.56 Å². The van der Waals surface area contributed by atoms with Crippen LogP contribution in [0.2, 0.25) is 5.02 Å². The highest BCUT2D eigenvalue weighted by molar-refractivity contribution is 7.80. The van der Waals surface area contributed by atoms with Crippen LogP contribution >= 0.6 is 23.8 Å². The third-order valence-electron chi connectivity index (χ3n) is 7.17. The molecule has 0 bridgehead atoms. The molecule has 3 rings (SSSR count). The molecule has 1 fully saturated rings. The number of rotatable bonds is 10. The minimum Gasteiger partial charge on any atom is -0.471 e. The van der Waals surface area contributed by atoms with Gasteiger partial charge in [-0.3, -0.25) is 14.5 Å². The SMILES string of the molecule is CNc1nc(OCC(F)F)c(C(=O)NC2CCC(C(F)(F)F)CC2)cc1N(C(N)=S)c1cc(CNC(=O)C(C)(C)C)ccc1Cl. The van der Waals surface area contributed by atoms with Crippen molar-refractivity contribution in [2.75, 3.05) is 23.9 Å². The number of pyridine rings is 1. The zero-order valence-electron chi connectivity index (χ0n) is 25.2. The Kier molecular flexibility index (Phi) is 11.8. The summed E-state index contributed by atoms with van der Waals surface area (Å²) in [4.78, 5) is 31.5. The number of thiocarbonyl (C=S) groups is 1. The minimum atomic E-state index is -4.33. The van der Waals surface area contributed by atoms with Crippen molar-refractivity contribution in [2.45, 2.75) is 71.6 Å². The fourth-order valence-electron chi connectivity index (χ4n) is 4.74. The first-order valence-corrected chi connectivity index (χ1v) is 14.9. The van der Waals surface area contributed by atoms with Gasteiger partial charge >= 0.3 is 6.18 Å². The predicted octanol–water partition coefficient (Wildman–Crippen LogP) is 6.32. The van der Waals surface area contributed by atoms with E-state index in [1.165, 1.54) is 18.0 Å². The quantitative estimate of drug-likeness (QED) is 0.170. The molecular formula is C29H36ClF5N6O3S. The van der Waals surface area contributed by atoms with Crippen molar-refractivity contribution in [1.29, 1.82) is 0 Å². The van der Waals surface area contributed by atoms with Gasteiger partial charge in [0.15, 0.2) is 17.5 Å². The number of aromatic nitrogens is 1. The van der Waals surface area contributed by atoms with Crippen molar-refractivity contribution < 1.29 is 36.3 Å². The van der Waals surface area contributed by atoms with E-state index in [-0.39, 0.29) is 71.0 Å². The predicted molar refractivity (Wildman–Crippen MR) is 166 cm³/mol. The molecule has 0 saturated heterocycles. The standard InChI is InChI=1S/C29H36ClF5N6O3S/c1-28(2,3)26(43)38-13-15-5-10-19(30)20(11-15)41(27(36)45)21-12-18(25(40-23(21)37-4)44-14-22(31)32)24(42)39-17-8-6-16(7-9-17)29(33,34)35/h5,10-12,16-17,22H,6-9,13-14H2,1-4H3,(H2,36,45)(H,37,40)(H,38,43)(H,39,42). The van der Waals surface area contributed by atoms with Gasteiger partial charge in [0.05, 0.1) is 22.3 Å². The number of nitrogens with zero attached hydrogens (tertiary/aromatic N) is 2. The van der Waals surface area contributed by atoms with E-state index in [1.54, 1.807) is 39.0 Å². The van der Waals surface area contributed by atoms with E-state index in [1.807, 2.05) is 0 Å². The van der Waals surface area contributed by atoms with E-state index in [9.17, 15) is 31.5 Å². The largest absolute Gasteiger partial charge is 0.471 e. The number of benzene rings is 1. The van der Waals surface area contributed by atoms with E-state index < -0.39 is 48.4 Å². The lowest BCUT2D eigenvalue weighted by molar-refractivity contribution is -0.182. The third-order valence-corrected chi connectivity index (χ3v) is 7.67. The first kappa shape index (κ1) is 36.0. The number of ether oxygens (including phenoxy) is 1. The van der Waals surface area contributed by atoms with Crippen molar-refractivity contribution in [3.05, 3.63) is 40.4 Å². The molecule has 0 atom stereocenters. The van der Waals surface area contributed by atoms with Crippen molar-refractivity contribution in [2.24, 2.45) is 17.1 Å². The summed E-state index contributed by atoms with van der Waals surface area (Å²) in [5, 5.41) is 8.31. The number of halogens is 6. The summed E-state index contributed by atoms with van der Waals surface area (Å²) in [6, 6.07) is 5.58. The molecule has 248 valence electrons. The lowest BCUT2D eigenvalue weighted by atomic mass is 9.85. The van der Waals surface area contributed by atoms with Gasteiger partial charge < -0.3 is 26.4 Å². The summed E-state index contributed by atoms with van der Waals surface area (Å²) in [6.07, 6.45) is -7.38. The average molecular weight is 679 g/mol. The van der Waals surface area contributed by atoms with Crippen LogP contribution in [0.4, 0.5) is 39.1 Å². The molecule has 0 unspecified atom stereocenters. The number of hydrogen-bond acceptors (Lipinski definition) is 6. The van der Waals surface area contributed by atoms with Crippen LogP contribution in [0.5, 0.6) is 5.88 Å². The fourth-order valence-corrected chi connectivity index (χ4v) is 5.14. The third kappa shape index (κ3) is 9.52. The van der Waals surface area contributed by atoms with Crippen LogP contribution in [-0.2, 0) is 11.3 Å². The van der Waals surface area contributed by atoms with Gasteiger partial charge in [-0.1, -0.05) is 38.4 Å². The molecule has 16 heteroatoms. The van der Waals surface area contributed by atoms with Gasteiger partial charge in [-0.25, -0.2) is 8.78 Å². The van der Waals surface area contributed by atoms with E-state index in [4.69, 9.17) is 34.3 Å². The zero-order chi connectivity index (χ0) is 33.7. The summed E-state index contributed by atoms with van der Waals surface area (Å²) in [5.74, 6) is -2.83. The summed E-state index contributed by atoms with van der Waals surface area (Å²) < 4.78 is 70.8. The first-order chi connectivity index (χ1) is 20.9. The molecule has 1 aliphatic carbocycles. The highest BCUT2D eigenvalue weighted by atomic mass is 35.5. The van der Waals surface area contributed by atoms with Gasteiger partial charge in [-0.2, -0.15) is 18.2 Å². The number of nitrogens with two attached hydrogens (primary N) is 1. The monoisotopic (exact) mass is 678 g/mol. The Morgan fingerprint density at radius 2 is 1.78 bits per heavy atom. The van der Waals surface area contributed by atoms with Crippen LogP contribution in [0.15, 0.2) is 24.3 Å². The summed E-state index contributed by atoms with van der Waals surface area (Å²) >= 11 is 11.9. The smallest absolute Gasteiger partial charge is 0.391 e. The van der Waals surface area contributed by atoms with Gasteiger partial charge in [-0.15, -0.1) is 0 Å². The number of hydrogen-bond donors (Lipinski definition) is 4. The fraction of sp³-hybridized carbons (Fsp3) is 0.517. The summed E-state index contributed by atoms with van der Waals surface area (Å²) in [6.45, 7) is 4.39. The van der Waals surface area contributed by atoms with Crippen molar-refractivity contribution >= 4 is 57.9 Å². The van der Waals surface area contributed by atoms with Crippen molar-refractivity contribution in [3.8, 4) is 5.88 Å². The van der Waals surface area contributed by atoms with Gasteiger partial charge in [-0.05, 0) is 61.7 Å². The highest BCUT2D eigenvalue weighted by Gasteiger charge is 2.41. The molecule has 45 heavy (non-hydrogen) atoms. The number of carbonyl (C=O) groups excluding carboxylic acids is 2. The number of nitrogens with one attached hydrogen (secondary N) is 3. The molecule has 1 aromatic heterocycles. The van der Waals surface area contributed by atoms with E-state index >= 15 is 0 Å². The topological polar surface area (TPSA) is 122 Å². The number of amides is 2. The Balaban J connectivity index is 2.02. The Morgan fingerprint density at radius 1 is 1.13 bits per heavy atom. The van der Waals surface area contributed by atoms with Gasteiger partial charge in [0.2, 0.25) is 11.8 Å². The summed E-state index contributed by atoms with van der Waals surface area (Å²) in [5.41, 5.74) is 6.25. The Hall–Kier alpha value is -3.46. The Morgan fingerprint density at radius 3 is 2.31 bits per heavy atom. The molecule has 1 aromatic carbocycles. The van der Waals surface area contributed by atoms with Crippen LogP contribution in [0, 0.1) is 11.3 Å². The molecule has 9 nitrogen and oxygen atoms in total. The molecule has 1 saturated carbocycles. The second kappa shape index (κ2) is 14.8.